The van der Waals surface area contributed by atoms with Gasteiger partial charge in [-0.3, -0.25) is 14.5 Å². The Kier molecular flexibility index (Phi) is 7.36. The second-order valence-corrected chi connectivity index (χ2v) is 9.97. The molecule has 5 rings (SSSR count). The fourth-order valence-corrected chi connectivity index (χ4v) is 5.47. The van der Waals surface area contributed by atoms with E-state index in [9.17, 15) is 19.1 Å². The van der Waals surface area contributed by atoms with Crippen molar-refractivity contribution in [1.29, 1.82) is 0 Å². The maximum Gasteiger partial charge on any atom is 0.301 e. The van der Waals surface area contributed by atoms with Crippen molar-refractivity contribution in [3.8, 4) is 11.5 Å². The van der Waals surface area contributed by atoms with Crippen LogP contribution in [0, 0.1) is 5.82 Å². The van der Waals surface area contributed by atoms with E-state index in [1.807, 2.05) is 6.92 Å². The number of ketones is 1. The Morgan fingerprint density at radius 3 is 2.62 bits per heavy atom. The first-order valence-corrected chi connectivity index (χ1v) is 13.1. The Morgan fingerprint density at radius 1 is 1.13 bits per heavy atom. The van der Waals surface area contributed by atoms with Gasteiger partial charge in [0, 0.05) is 10.6 Å². The van der Waals surface area contributed by atoms with Crippen LogP contribution >= 0.6 is 22.9 Å². The molecule has 1 amide bonds. The van der Waals surface area contributed by atoms with Crippen LogP contribution in [0.5, 0.6) is 11.5 Å². The van der Waals surface area contributed by atoms with Crippen LogP contribution < -0.4 is 14.4 Å². The van der Waals surface area contributed by atoms with Crippen molar-refractivity contribution in [1.82, 2.24) is 4.98 Å². The molecule has 198 valence electrons. The van der Waals surface area contributed by atoms with E-state index in [-0.39, 0.29) is 23.1 Å². The summed E-state index contributed by atoms with van der Waals surface area (Å²) in [6.07, 6.45) is 1.60. The van der Waals surface area contributed by atoms with E-state index in [0.717, 1.165) is 11.3 Å². The van der Waals surface area contributed by atoms with Crippen LogP contribution in [0.3, 0.4) is 0 Å². The van der Waals surface area contributed by atoms with Crippen molar-refractivity contribution < 1.29 is 28.6 Å². The third kappa shape index (κ3) is 4.98. The van der Waals surface area contributed by atoms with Gasteiger partial charge in [0.05, 0.1) is 28.4 Å². The maximum atomic E-state index is 13.9. The Balaban J connectivity index is 1.72. The van der Waals surface area contributed by atoms with Gasteiger partial charge in [-0.1, -0.05) is 41.7 Å². The number of benzene rings is 3. The highest BCUT2D eigenvalue weighted by Crippen LogP contribution is 2.46. The van der Waals surface area contributed by atoms with Gasteiger partial charge in [0.25, 0.3) is 5.78 Å². The number of aliphatic hydroxyl groups is 1. The number of hydrogen-bond donors (Lipinski definition) is 1. The van der Waals surface area contributed by atoms with Crippen LogP contribution in [-0.2, 0) is 9.59 Å². The number of ether oxygens (including phenoxy) is 2. The molecule has 0 spiro atoms. The maximum absolute atomic E-state index is 13.9. The minimum Gasteiger partial charge on any atom is -0.507 e. The van der Waals surface area contributed by atoms with Gasteiger partial charge in [0.2, 0.25) is 0 Å². The Hall–Kier alpha value is -4.21. The highest BCUT2D eigenvalue weighted by molar-refractivity contribution is 7.22. The molecule has 4 aromatic rings. The third-order valence-electron chi connectivity index (χ3n) is 6.05. The topological polar surface area (TPSA) is 89.0 Å². The van der Waals surface area contributed by atoms with Crippen molar-refractivity contribution in [3.05, 3.63) is 101 Å². The second-order valence-electron chi connectivity index (χ2n) is 8.52. The standard InChI is InChI=1S/C29H22ClFN2O5S/c1-3-13-38-21-12-7-17(14-22(21)37-4-2)25-24(26(34)16-5-8-18(30)9-6-16)27(35)28(36)33(25)29-32-20-11-10-19(31)15-23(20)39-29/h3,5-12,14-15,25,34H,1,4,13H2,2H3/b26-24+. The lowest BCUT2D eigenvalue weighted by atomic mass is 9.95. The molecule has 10 heteroatoms. The van der Waals surface area contributed by atoms with E-state index >= 15 is 0 Å². The molecule has 1 unspecified atom stereocenters. The van der Waals surface area contributed by atoms with Crippen molar-refractivity contribution in [2.45, 2.75) is 13.0 Å². The lowest BCUT2D eigenvalue weighted by molar-refractivity contribution is -0.132. The molecule has 39 heavy (non-hydrogen) atoms. The van der Waals surface area contributed by atoms with Gasteiger partial charge in [0.1, 0.15) is 18.2 Å². The molecule has 1 aliphatic rings. The van der Waals surface area contributed by atoms with E-state index in [1.54, 1.807) is 48.5 Å². The summed E-state index contributed by atoms with van der Waals surface area (Å²) >= 11 is 7.08. The van der Waals surface area contributed by atoms with E-state index < -0.39 is 23.5 Å². The van der Waals surface area contributed by atoms with Crippen molar-refractivity contribution in [2.75, 3.05) is 18.1 Å². The molecule has 7 nitrogen and oxygen atoms in total. The van der Waals surface area contributed by atoms with E-state index in [4.69, 9.17) is 21.1 Å². The first kappa shape index (κ1) is 26.4. The van der Waals surface area contributed by atoms with Crippen LogP contribution in [0.2, 0.25) is 5.02 Å². The summed E-state index contributed by atoms with van der Waals surface area (Å²) in [6.45, 7) is 6.06. The average molecular weight is 565 g/mol. The number of carbonyl (C=O) groups excluding carboxylic acids is 2. The minimum absolute atomic E-state index is 0.130. The molecule has 0 aliphatic carbocycles. The fourth-order valence-electron chi connectivity index (χ4n) is 4.33. The summed E-state index contributed by atoms with van der Waals surface area (Å²) in [4.78, 5) is 32.7. The molecule has 1 saturated heterocycles. The number of amides is 1. The van der Waals surface area contributed by atoms with Crippen LogP contribution in [0.1, 0.15) is 24.1 Å². The van der Waals surface area contributed by atoms with Gasteiger partial charge in [-0.25, -0.2) is 9.37 Å². The minimum atomic E-state index is -1.06. The quantitative estimate of drug-likeness (QED) is 0.111. The monoisotopic (exact) mass is 564 g/mol. The smallest absolute Gasteiger partial charge is 0.301 e. The zero-order valence-electron chi connectivity index (χ0n) is 20.7. The fraction of sp³-hybridized carbons (Fsp3) is 0.138. The second kappa shape index (κ2) is 10.9. The predicted octanol–water partition coefficient (Wildman–Crippen LogP) is 6.68. The van der Waals surface area contributed by atoms with Crippen LogP contribution in [0.4, 0.5) is 9.52 Å². The molecular weight excluding hydrogens is 543 g/mol. The number of rotatable bonds is 8. The van der Waals surface area contributed by atoms with E-state index in [1.165, 1.54) is 23.1 Å². The highest BCUT2D eigenvalue weighted by Gasteiger charge is 2.48. The molecule has 1 atom stereocenters. The van der Waals surface area contributed by atoms with Crippen molar-refractivity contribution >= 4 is 55.7 Å². The summed E-state index contributed by atoms with van der Waals surface area (Å²) in [5.41, 5.74) is 1.13. The SMILES string of the molecule is C=CCOc1ccc(C2/C(=C(\O)c3ccc(Cl)cc3)C(=O)C(=O)N2c2nc3ccc(F)cc3s2)cc1OCC. The molecule has 3 aromatic carbocycles. The molecule has 1 fully saturated rings. The molecule has 1 aliphatic heterocycles. The molecule has 1 N–H and O–H groups in total. The third-order valence-corrected chi connectivity index (χ3v) is 7.32. The van der Waals surface area contributed by atoms with Crippen LogP contribution in [-0.4, -0.2) is 35.0 Å². The molecule has 0 saturated carbocycles. The number of thiazole rings is 1. The normalized spacial score (nSPS) is 16.6. The number of hydrogen-bond acceptors (Lipinski definition) is 7. The summed E-state index contributed by atoms with van der Waals surface area (Å²) < 4.78 is 25.9. The van der Waals surface area contributed by atoms with Gasteiger partial charge in [-0.05, 0) is 67.1 Å². The first-order valence-electron chi connectivity index (χ1n) is 12.0. The van der Waals surface area contributed by atoms with Crippen LogP contribution in [0.25, 0.3) is 16.0 Å². The number of aromatic nitrogens is 1. The lowest BCUT2D eigenvalue weighted by Crippen LogP contribution is -2.29. The van der Waals surface area contributed by atoms with E-state index in [2.05, 4.69) is 11.6 Å². The number of aliphatic hydroxyl groups excluding tert-OH is 1. The molecular formula is C29H22ClFN2O5S. The molecule has 0 bridgehead atoms. The van der Waals surface area contributed by atoms with Crippen LogP contribution in [0.15, 0.2) is 78.9 Å². The van der Waals surface area contributed by atoms with E-state index in [0.29, 0.717) is 44.5 Å². The largest absolute Gasteiger partial charge is 0.507 e. The Labute approximate surface area is 232 Å². The predicted molar refractivity (Wildman–Crippen MR) is 149 cm³/mol. The molecule has 2 heterocycles. The average Bonchev–Trinajstić information content (AvgIpc) is 3.45. The number of halogens is 2. The van der Waals surface area contributed by atoms with Gasteiger partial charge in [0.15, 0.2) is 16.6 Å². The number of nitrogens with zero attached hydrogens (tertiary/aromatic N) is 2. The van der Waals surface area contributed by atoms with Gasteiger partial charge in [-0.2, -0.15) is 0 Å². The Bertz CT molecular complexity index is 1630. The zero-order chi connectivity index (χ0) is 27.7. The van der Waals surface area contributed by atoms with Crippen molar-refractivity contribution in [2.24, 2.45) is 0 Å². The highest BCUT2D eigenvalue weighted by atomic mass is 35.5. The van der Waals surface area contributed by atoms with Gasteiger partial charge < -0.3 is 14.6 Å². The first-order chi connectivity index (χ1) is 18.8. The Morgan fingerprint density at radius 2 is 1.90 bits per heavy atom. The number of Topliss-reactive ketones (excluding diaryl/α,β-unsaturated/α-hetero) is 1. The number of anilines is 1. The molecule has 1 aromatic heterocycles. The summed E-state index contributed by atoms with van der Waals surface area (Å²) in [7, 11) is 0. The molecule has 0 radical (unpaired) electrons. The number of fused-ring (bicyclic) bond motifs is 1. The van der Waals surface area contributed by atoms with Gasteiger partial charge >= 0.3 is 5.91 Å². The zero-order valence-corrected chi connectivity index (χ0v) is 22.3. The lowest BCUT2D eigenvalue weighted by Gasteiger charge is -2.24. The summed E-state index contributed by atoms with van der Waals surface area (Å²) in [5.74, 6) is -1.74. The summed E-state index contributed by atoms with van der Waals surface area (Å²) in [5, 5.41) is 11.9. The number of carbonyl (C=O) groups is 2. The van der Waals surface area contributed by atoms with Crippen molar-refractivity contribution in [3.63, 3.8) is 0 Å². The van der Waals surface area contributed by atoms with Gasteiger partial charge in [-0.15, -0.1) is 0 Å². The summed E-state index contributed by atoms with van der Waals surface area (Å²) in [6, 6.07) is 14.3.